The smallest absolute Gasteiger partial charge is 0.322 e. The Morgan fingerprint density at radius 1 is 1.32 bits per heavy atom. The van der Waals surface area contributed by atoms with Gasteiger partial charge in [-0.25, -0.2) is 4.79 Å². The predicted molar refractivity (Wildman–Crippen MR) is 97.8 cm³/mol. The lowest BCUT2D eigenvalue weighted by Crippen LogP contribution is -2.46. The maximum absolute atomic E-state index is 12.7. The van der Waals surface area contributed by atoms with Crippen molar-refractivity contribution in [2.45, 2.75) is 51.6 Å². The quantitative estimate of drug-likeness (QED) is 0.888. The van der Waals surface area contributed by atoms with E-state index in [4.69, 9.17) is 0 Å². The van der Waals surface area contributed by atoms with E-state index in [0.29, 0.717) is 0 Å². The van der Waals surface area contributed by atoms with Crippen LogP contribution in [0.15, 0.2) is 36.7 Å². The van der Waals surface area contributed by atoms with Gasteiger partial charge in [0.25, 0.3) is 0 Å². The van der Waals surface area contributed by atoms with Gasteiger partial charge in [-0.05, 0) is 57.2 Å². The first-order chi connectivity index (χ1) is 12.0. The van der Waals surface area contributed by atoms with Crippen LogP contribution in [-0.4, -0.2) is 38.4 Å². The van der Waals surface area contributed by atoms with Gasteiger partial charge in [-0.15, -0.1) is 0 Å². The van der Waals surface area contributed by atoms with Gasteiger partial charge in [-0.3, -0.25) is 4.68 Å². The molecule has 1 fully saturated rings. The number of amides is 2. The van der Waals surface area contributed by atoms with Crippen molar-refractivity contribution >= 4 is 11.7 Å². The van der Waals surface area contributed by atoms with Crippen LogP contribution >= 0.6 is 0 Å². The minimum atomic E-state index is -0.0632. The molecule has 2 aromatic rings. The molecular weight excluding hydrogens is 316 g/mol. The normalized spacial score (nSPS) is 17.7. The molecule has 1 aromatic heterocycles. The third kappa shape index (κ3) is 4.32. The van der Waals surface area contributed by atoms with Crippen molar-refractivity contribution in [2.24, 2.45) is 0 Å². The fourth-order valence-corrected chi connectivity index (χ4v) is 3.26. The molecule has 0 radical (unpaired) electrons. The predicted octanol–water partition coefficient (Wildman–Crippen LogP) is 3.80. The number of urea groups is 1. The number of anilines is 1. The molecule has 134 valence electrons. The van der Waals surface area contributed by atoms with Gasteiger partial charge in [-0.2, -0.15) is 5.10 Å². The Morgan fingerprint density at radius 2 is 2.08 bits per heavy atom. The second-order valence-electron chi connectivity index (χ2n) is 6.95. The first-order valence-corrected chi connectivity index (χ1v) is 8.92. The number of aromatic hydroxyl groups is 1. The van der Waals surface area contributed by atoms with Crippen LogP contribution in [0.3, 0.4) is 0 Å². The second kappa shape index (κ2) is 7.59. The summed E-state index contributed by atoms with van der Waals surface area (Å²) in [5, 5.41) is 16.7. The summed E-state index contributed by atoms with van der Waals surface area (Å²) in [6.45, 7) is 4.88. The van der Waals surface area contributed by atoms with Gasteiger partial charge in [0.05, 0.1) is 11.9 Å². The number of hydrogen-bond donors (Lipinski definition) is 2. The number of nitrogens with one attached hydrogen (secondary N) is 1. The highest BCUT2D eigenvalue weighted by Crippen LogP contribution is 2.23. The summed E-state index contributed by atoms with van der Waals surface area (Å²) >= 11 is 0. The Hall–Kier alpha value is -2.50. The Balaban J connectivity index is 1.66. The number of likely N-dealkylation sites (tertiary alicyclic amines) is 1. The summed E-state index contributed by atoms with van der Waals surface area (Å²) < 4.78 is 1.83. The highest BCUT2D eigenvalue weighted by atomic mass is 16.3. The van der Waals surface area contributed by atoms with Crippen molar-refractivity contribution in [2.75, 3.05) is 11.9 Å². The number of aromatic nitrogens is 2. The number of hydrogen-bond acceptors (Lipinski definition) is 3. The molecular formula is C19H26N4O2. The lowest BCUT2D eigenvalue weighted by Gasteiger charge is -2.35. The molecule has 0 aliphatic carbocycles. The molecule has 1 unspecified atom stereocenters. The molecule has 0 spiro atoms. The number of phenolic OH excluding ortho intramolecular Hbond substituents is 1. The fourth-order valence-electron chi connectivity index (χ4n) is 3.26. The van der Waals surface area contributed by atoms with E-state index in [0.717, 1.165) is 43.5 Å². The molecule has 2 amide bonds. The molecule has 1 aliphatic heterocycles. The summed E-state index contributed by atoms with van der Waals surface area (Å²) in [5.41, 5.74) is 1.86. The SMILES string of the molecule is CC(C)n1cc(NC(=O)N2CCCCC2Cc2ccc(O)cc2)cn1. The first kappa shape index (κ1) is 17.3. The van der Waals surface area contributed by atoms with Crippen LogP contribution in [0.2, 0.25) is 0 Å². The van der Waals surface area contributed by atoms with Crippen LogP contribution in [-0.2, 0) is 6.42 Å². The first-order valence-electron chi connectivity index (χ1n) is 8.92. The molecule has 0 bridgehead atoms. The lowest BCUT2D eigenvalue weighted by molar-refractivity contribution is 0.162. The summed E-state index contributed by atoms with van der Waals surface area (Å²) in [6, 6.07) is 7.62. The third-order valence-corrected chi connectivity index (χ3v) is 4.68. The van der Waals surface area contributed by atoms with Gasteiger partial charge >= 0.3 is 6.03 Å². The van der Waals surface area contributed by atoms with E-state index in [1.807, 2.05) is 27.9 Å². The largest absolute Gasteiger partial charge is 0.508 e. The highest BCUT2D eigenvalue weighted by Gasteiger charge is 2.27. The zero-order valence-corrected chi connectivity index (χ0v) is 14.9. The Morgan fingerprint density at radius 3 is 2.76 bits per heavy atom. The van der Waals surface area contributed by atoms with Crippen molar-refractivity contribution < 1.29 is 9.90 Å². The molecule has 1 saturated heterocycles. The van der Waals surface area contributed by atoms with E-state index in [9.17, 15) is 9.90 Å². The molecule has 1 aromatic carbocycles. The van der Waals surface area contributed by atoms with Gasteiger partial charge < -0.3 is 15.3 Å². The monoisotopic (exact) mass is 342 g/mol. The van der Waals surface area contributed by atoms with Crippen molar-refractivity contribution in [3.63, 3.8) is 0 Å². The van der Waals surface area contributed by atoms with Gasteiger partial charge in [0.1, 0.15) is 5.75 Å². The van der Waals surface area contributed by atoms with Gasteiger partial charge in [0.2, 0.25) is 0 Å². The minimum Gasteiger partial charge on any atom is -0.508 e. The average molecular weight is 342 g/mol. The number of nitrogens with zero attached hydrogens (tertiary/aromatic N) is 3. The van der Waals surface area contributed by atoms with E-state index in [2.05, 4.69) is 24.3 Å². The number of carbonyl (C=O) groups excluding carboxylic acids is 1. The van der Waals surface area contributed by atoms with Crippen LogP contribution in [0, 0.1) is 0 Å². The van der Waals surface area contributed by atoms with Crippen LogP contribution in [0.4, 0.5) is 10.5 Å². The summed E-state index contributed by atoms with van der Waals surface area (Å²) in [6.07, 6.45) is 7.53. The van der Waals surface area contributed by atoms with Crippen LogP contribution in [0.25, 0.3) is 0 Å². The van der Waals surface area contributed by atoms with Gasteiger partial charge in [0.15, 0.2) is 0 Å². The average Bonchev–Trinajstić information content (AvgIpc) is 3.06. The zero-order valence-electron chi connectivity index (χ0n) is 14.9. The zero-order chi connectivity index (χ0) is 17.8. The summed E-state index contributed by atoms with van der Waals surface area (Å²) in [4.78, 5) is 14.7. The summed E-state index contributed by atoms with van der Waals surface area (Å²) in [5.74, 6) is 0.268. The van der Waals surface area contributed by atoms with E-state index < -0.39 is 0 Å². The van der Waals surface area contributed by atoms with E-state index in [1.54, 1.807) is 18.3 Å². The molecule has 0 saturated carbocycles. The standard InChI is InChI=1S/C19H26N4O2/c1-14(2)23-13-16(12-20-23)21-19(25)22-10-4-3-5-17(22)11-15-6-8-18(24)9-7-15/h6-9,12-14,17,24H,3-5,10-11H2,1-2H3,(H,21,25). The minimum absolute atomic E-state index is 0.0632. The number of benzene rings is 1. The van der Waals surface area contributed by atoms with Crippen LogP contribution in [0.1, 0.15) is 44.7 Å². The van der Waals surface area contributed by atoms with E-state index in [-0.39, 0.29) is 23.9 Å². The summed E-state index contributed by atoms with van der Waals surface area (Å²) in [7, 11) is 0. The van der Waals surface area contributed by atoms with Crippen molar-refractivity contribution in [3.8, 4) is 5.75 Å². The lowest BCUT2D eigenvalue weighted by atomic mass is 9.96. The third-order valence-electron chi connectivity index (χ3n) is 4.68. The van der Waals surface area contributed by atoms with Crippen LogP contribution < -0.4 is 5.32 Å². The number of carbonyl (C=O) groups is 1. The van der Waals surface area contributed by atoms with Crippen molar-refractivity contribution in [1.82, 2.24) is 14.7 Å². The second-order valence-corrected chi connectivity index (χ2v) is 6.95. The molecule has 25 heavy (non-hydrogen) atoms. The van der Waals surface area contributed by atoms with Crippen molar-refractivity contribution in [1.29, 1.82) is 0 Å². The molecule has 3 rings (SSSR count). The highest BCUT2D eigenvalue weighted by molar-refractivity contribution is 5.89. The molecule has 6 heteroatoms. The Kier molecular flexibility index (Phi) is 5.26. The Bertz CT molecular complexity index is 708. The molecule has 1 atom stereocenters. The molecule has 6 nitrogen and oxygen atoms in total. The Labute approximate surface area is 148 Å². The van der Waals surface area contributed by atoms with Crippen LogP contribution in [0.5, 0.6) is 5.75 Å². The fraction of sp³-hybridized carbons (Fsp3) is 0.474. The van der Waals surface area contributed by atoms with Crippen molar-refractivity contribution in [3.05, 3.63) is 42.2 Å². The maximum Gasteiger partial charge on any atom is 0.322 e. The topological polar surface area (TPSA) is 70.4 Å². The molecule has 1 aliphatic rings. The van der Waals surface area contributed by atoms with E-state index >= 15 is 0 Å². The van der Waals surface area contributed by atoms with Gasteiger partial charge in [-0.1, -0.05) is 12.1 Å². The van der Waals surface area contributed by atoms with E-state index in [1.165, 1.54) is 0 Å². The van der Waals surface area contributed by atoms with Gasteiger partial charge in [0, 0.05) is 24.8 Å². The number of piperidine rings is 1. The molecule has 2 heterocycles. The number of phenols is 1. The molecule has 2 N–H and O–H groups in total. The number of rotatable bonds is 4. The maximum atomic E-state index is 12.7.